The van der Waals surface area contributed by atoms with Gasteiger partial charge in [0, 0.05) is 49.2 Å². The standard InChI is InChI=1S/C16H22FN3O3S2/c1-24-15-11-23-10-14(15)19-4-6-20(7-5-19)25(21,22)16-8-13(17)3-2-12(16)9-18/h2-3,8-9,14-15,18H,4-7,10-11H2,1H3/t14-,15-/m1/s1. The summed E-state index contributed by atoms with van der Waals surface area (Å²) in [5.41, 5.74) is 0.204. The first kappa shape index (κ1) is 18.8. The minimum Gasteiger partial charge on any atom is -0.379 e. The molecule has 2 atom stereocenters. The van der Waals surface area contributed by atoms with Gasteiger partial charge >= 0.3 is 0 Å². The quantitative estimate of drug-likeness (QED) is 0.770. The fourth-order valence-electron chi connectivity index (χ4n) is 3.35. The van der Waals surface area contributed by atoms with Crippen molar-refractivity contribution in [2.24, 2.45) is 0 Å². The van der Waals surface area contributed by atoms with Crippen molar-refractivity contribution in [3.8, 4) is 0 Å². The topological polar surface area (TPSA) is 73.7 Å². The molecule has 138 valence electrons. The van der Waals surface area contributed by atoms with Crippen LogP contribution in [0.15, 0.2) is 23.1 Å². The molecule has 2 aliphatic rings. The Balaban J connectivity index is 1.74. The summed E-state index contributed by atoms with van der Waals surface area (Å²) < 4.78 is 46.2. The maximum Gasteiger partial charge on any atom is 0.243 e. The lowest BCUT2D eigenvalue weighted by molar-refractivity contribution is 0.114. The van der Waals surface area contributed by atoms with E-state index in [9.17, 15) is 12.8 Å². The van der Waals surface area contributed by atoms with Crippen LogP contribution in [0.3, 0.4) is 0 Å². The van der Waals surface area contributed by atoms with E-state index in [0.29, 0.717) is 44.1 Å². The number of ether oxygens (including phenoxy) is 1. The lowest BCUT2D eigenvalue weighted by Gasteiger charge is -2.38. The van der Waals surface area contributed by atoms with Gasteiger partial charge < -0.3 is 10.1 Å². The van der Waals surface area contributed by atoms with Crippen LogP contribution in [0.1, 0.15) is 5.56 Å². The number of piperazine rings is 1. The molecule has 0 aromatic heterocycles. The Kier molecular flexibility index (Phi) is 5.79. The number of rotatable bonds is 5. The number of halogens is 1. The molecule has 1 N–H and O–H groups in total. The van der Waals surface area contributed by atoms with E-state index in [0.717, 1.165) is 18.9 Å². The molecular formula is C16H22FN3O3S2. The summed E-state index contributed by atoms with van der Waals surface area (Å²) in [6.45, 7) is 3.37. The SMILES string of the molecule is CS[C@@H]1COC[C@H]1N1CCN(S(=O)(=O)c2cc(F)ccc2C=N)CC1. The first-order valence-electron chi connectivity index (χ1n) is 8.12. The van der Waals surface area contributed by atoms with Crippen molar-refractivity contribution in [1.82, 2.24) is 9.21 Å². The fraction of sp³-hybridized carbons (Fsp3) is 0.562. The molecule has 0 aliphatic carbocycles. The van der Waals surface area contributed by atoms with E-state index in [1.807, 2.05) is 0 Å². The number of nitrogens with one attached hydrogen (secondary N) is 1. The van der Waals surface area contributed by atoms with Crippen molar-refractivity contribution in [3.63, 3.8) is 0 Å². The maximum atomic E-state index is 13.5. The van der Waals surface area contributed by atoms with E-state index in [4.69, 9.17) is 10.1 Å². The molecule has 0 bridgehead atoms. The average molecular weight is 388 g/mol. The summed E-state index contributed by atoms with van der Waals surface area (Å²) in [7, 11) is -3.81. The van der Waals surface area contributed by atoms with E-state index in [1.165, 1.54) is 16.4 Å². The second-order valence-corrected chi connectivity index (χ2v) is 9.13. The molecule has 9 heteroatoms. The summed E-state index contributed by atoms with van der Waals surface area (Å²) >= 11 is 1.78. The Morgan fingerprint density at radius 1 is 1.28 bits per heavy atom. The van der Waals surface area contributed by atoms with Gasteiger partial charge in [0.15, 0.2) is 0 Å². The minimum atomic E-state index is -3.81. The molecule has 1 aromatic carbocycles. The number of nitrogens with zero attached hydrogens (tertiary/aromatic N) is 2. The molecule has 0 radical (unpaired) electrons. The lowest BCUT2D eigenvalue weighted by atomic mass is 10.2. The summed E-state index contributed by atoms with van der Waals surface area (Å²) in [6, 6.07) is 3.80. The number of thioether (sulfide) groups is 1. The van der Waals surface area contributed by atoms with Gasteiger partial charge in [-0.05, 0) is 24.5 Å². The van der Waals surface area contributed by atoms with Crippen LogP contribution in [0, 0.1) is 11.2 Å². The maximum absolute atomic E-state index is 13.5. The van der Waals surface area contributed by atoms with Gasteiger partial charge in [-0.15, -0.1) is 0 Å². The van der Waals surface area contributed by atoms with Crippen molar-refractivity contribution >= 4 is 28.0 Å². The van der Waals surface area contributed by atoms with Gasteiger partial charge in [0.1, 0.15) is 5.82 Å². The predicted octanol–water partition coefficient (Wildman–Crippen LogP) is 1.26. The first-order valence-corrected chi connectivity index (χ1v) is 10.8. The van der Waals surface area contributed by atoms with Gasteiger partial charge in [-0.3, -0.25) is 4.90 Å². The van der Waals surface area contributed by atoms with Crippen LogP contribution in [0.5, 0.6) is 0 Å². The highest BCUT2D eigenvalue weighted by Gasteiger charge is 2.37. The molecule has 2 fully saturated rings. The molecule has 3 rings (SSSR count). The van der Waals surface area contributed by atoms with Crippen LogP contribution in [-0.4, -0.2) is 80.8 Å². The summed E-state index contributed by atoms with van der Waals surface area (Å²) in [4.78, 5) is 2.14. The van der Waals surface area contributed by atoms with Gasteiger partial charge in [0.2, 0.25) is 10.0 Å². The summed E-state index contributed by atoms with van der Waals surface area (Å²) in [5.74, 6) is -0.617. The minimum absolute atomic E-state index is 0.137. The van der Waals surface area contributed by atoms with Crippen molar-refractivity contribution in [3.05, 3.63) is 29.6 Å². The van der Waals surface area contributed by atoms with Crippen molar-refractivity contribution in [2.45, 2.75) is 16.2 Å². The molecule has 1 aromatic rings. The van der Waals surface area contributed by atoms with E-state index >= 15 is 0 Å². The van der Waals surface area contributed by atoms with E-state index in [-0.39, 0.29) is 10.5 Å². The predicted molar refractivity (Wildman–Crippen MR) is 96.5 cm³/mol. The second-order valence-electron chi connectivity index (χ2n) is 6.15. The van der Waals surface area contributed by atoms with Crippen LogP contribution in [0.4, 0.5) is 4.39 Å². The van der Waals surface area contributed by atoms with Crippen molar-refractivity contribution in [1.29, 1.82) is 5.41 Å². The first-order chi connectivity index (χ1) is 12.0. The van der Waals surface area contributed by atoms with Gasteiger partial charge in [-0.2, -0.15) is 16.1 Å². The molecule has 2 aliphatic heterocycles. The number of sulfonamides is 1. The van der Waals surface area contributed by atoms with Crippen molar-refractivity contribution in [2.75, 3.05) is 45.6 Å². The molecular weight excluding hydrogens is 365 g/mol. The fourth-order valence-corrected chi connectivity index (χ4v) is 5.76. The molecule has 0 spiro atoms. The average Bonchev–Trinajstić information content (AvgIpc) is 3.10. The zero-order valence-electron chi connectivity index (χ0n) is 14.0. The largest absolute Gasteiger partial charge is 0.379 e. The third-order valence-electron chi connectivity index (χ3n) is 4.79. The normalized spacial score (nSPS) is 26.0. The summed E-state index contributed by atoms with van der Waals surface area (Å²) in [5, 5.41) is 7.80. The van der Waals surface area contributed by atoms with Gasteiger partial charge in [-0.25, -0.2) is 12.8 Å². The van der Waals surface area contributed by atoms with Crippen LogP contribution in [-0.2, 0) is 14.8 Å². The van der Waals surface area contributed by atoms with Crippen LogP contribution >= 0.6 is 11.8 Å². The highest BCUT2D eigenvalue weighted by Crippen LogP contribution is 2.26. The Bertz CT molecular complexity index is 736. The van der Waals surface area contributed by atoms with Crippen LogP contribution in [0.25, 0.3) is 0 Å². The monoisotopic (exact) mass is 387 g/mol. The van der Waals surface area contributed by atoms with E-state index in [2.05, 4.69) is 11.2 Å². The van der Waals surface area contributed by atoms with E-state index < -0.39 is 15.8 Å². The zero-order chi connectivity index (χ0) is 18.0. The molecule has 25 heavy (non-hydrogen) atoms. The van der Waals surface area contributed by atoms with Crippen LogP contribution in [0.2, 0.25) is 0 Å². The van der Waals surface area contributed by atoms with Gasteiger partial charge in [0.05, 0.1) is 18.1 Å². The molecule has 2 saturated heterocycles. The third-order valence-corrected chi connectivity index (χ3v) is 7.80. The number of hydrogen-bond donors (Lipinski definition) is 1. The highest BCUT2D eigenvalue weighted by molar-refractivity contribution is 7.99. The van der Waals surface area contributed by atoms with Gasteiger partial charge in [0.25, 0.3) is 0 Å². The Hall–Kier alpha value is -1.00. The number of benzene rings is 1. The lowest BCUT2D eigenvalue weighted by Crippen LogP contribution is -2.54. The summed E-state index contributed by atoms with van der Waals surface area (Å²) in [6.07, 6.45) is 3.01. The Labute approximate surface area is 151 Å². The van der Waals surface area contributed by atoms with Gasteiger partial charge in [-0.1, -0.05) is 0 Å². The Morgan fingerprint density at radius 3 is 2.64 bits per heavy atom. The Morgan fingerprint density at radius 2 is 2.00 bits per heavy atom. The van der Waals surface area contributed by atoms with E-state index in [1.54, 1.807) is 11.8 Å². The molecule has 0 saturated carbocycles. The zero-order valence-corrected chi connectivity index (χ0v) is 15.7. The molecule has 0 unspecified atom stereocenters. The number of hydrogen-bond acceptors (Lipinski definition) is 6. The van der Waals surface area contributed by atoms with Crippen molar-refractivity contribution < 1.29 is 17.5 Å². The highest BCUT2D eigenvalue weighted by atomic mass is 32.2. The second kappa shape index (κ2) is 7.71. The smallest absolute Gasteiger partial charge is 0.243 e. The molecule has 0 amide bonds. The third kappa shape index (κ3) is 3.75. The molecule has 2 heterocycles. The van der Waals surface area contributed by atoms with Crippen LogP contribution < -0.4 is 0 Å². The molecule has 6 nitrogen and oxygen atoms in total.